The Kier molecular flexibility index (Phi) is 6.48. The SMILES string of the molecule is COC(=O)C=C(C)C#C[Se]c1ccc2c(c1)C(C)(C)CC=C2c1ccc(C)cc1. The second-order valence-corrected chi connectivity index (χ2v) is 9.80. The molecule has 0 saturated carbocycles. The van der Waals surface area contributed by atoms with E-state index in [4.69, 9.17) is 0 Å². The van der Waals surface area contributed by atoms with Crippen molar-refractivity contribution in [2.24, 2.45) is 0 Å². The van der Waals surface area contributed by atoms with Gasteiger partial charge in [0.2, 0.25) is 0 Å². The summed E-state index contributed by atoms with van der Waals surface area (Å²) in [7, 11) is 1.37. The van der Waals surface area contributed by atoms with Crippen LogP contribution in [0.1, 0.15) is 49.4 Å². The molecule has 0 aromatic heterocycles. The predicted molar refractivity (Wildman–Crippen MR) is 121 cm³/mol. The third kappa shape index (κ3) is 5.10. The number of allylic oxidation sites excluding steroid dienone is 2. The van der Waals surface area contributed by atoms with Crippen LogP contribution in [0.5, 0.6) is 0 Å². The summed E-state index contributed by atoms with van der Waals surface area (Å²) in [6, 6.07) is 15.5. The monoisotopic (exact) mass is 450 g/mol. The third-order valence-corrected chi connectivity index (χ3v) is 6.60. The van der Waals surface area contributed by atoms with Crippen molar-refractivity contribution in [3.8, 4) is 10.7 Å². The van der Waals surface area contributed by atoms with E-state index >= 15 is 0 Å². The van der Waals surface area contributed by atoms with Gasteiger partial charge in [-0.15, -0.1) is 0 Å². The number of carbonyl (C=O) groups excluding carboxylic acids is 1. The van der Waals surface area contributed by atoms with Crippen molar-refractivity contribution in [1.29, 1.82) is 0 Å². The fourth-order valence-corrected chi connectivity index (χ4v) is 4.75. The maximum atomic E-state index is 11.3. The zero-order chi connectivity index (χ0) is 21.0. The molecule has 0 radical (unpaired) electrons. The zero-order valence-electron chi connectivity index (χ0n) is 17.6. The van der Waals surface area contributed by atoms with Crippen LogP contribution in [0.4, 0.5) is 0 Å². The van der Waals surface area contributed by atoms with Gasteiger partial charge in [-0.05, 0) is 0 Å². The number of rotatable bonds is 3. The van der Waals surface area contributed by atoms with Gasteiger partial charge in [0, 0.05) is 0 Å². The zero-order valence-corrected chi connectivity index (χ0v) is 19.3. The molecule has 0 spiro atoms. The van der Waals surface area contributed by atoms with E-state index < -0.39 is 0 Å². The molecule has 0 amide bonds. The standard InChI is InChI=1S/C26H26O2Se/c1-18-6-8-20(9-7-18)22-12-14-26(3,4)24-17-21(10-11-23(22)24)29-15-13-19(2)16-25(27)28-5/h6-12,16-17H,14H2,1-5H3. The molecular formula is C26H26O2Se. The summed E-state index contributed by atoms with van der Waals surface area (Å²) >= 11 is 0.0293. The Balaban J connectivity index is 1.89. The first-order valence-electron chi connectivity index (χ1n) is 9.66. The molecule has 0 unspecified atom stereocenters. The number of carbonyl (C=O) groups is 1. The van der Waals surface area contributed by atoms with Crippen LogP contribution in [0.2, 0.25) is 0 Å². The van der Waals surface area contributed by atoms with E-state index in [1.807, 2.05) is 6.92 Å². The Morgan fingerprint density at radius 3 is 2.59 bits per heavy atom. The van der Waals surface area contributed by atoms with Crippen LogP contribution < -0.4 is 4.46 Å². The Labute approximate surface area is 180 Å². The van der Waals surface area contributed by atoms with Crippen LogP contribution in [0, 0.1) is 17.7 Å². The van der Waals surface area contributed by atoms with E-state index in [0.717, 1.165) is 12.0 Å². The number of ether oxygens (including phenoxy) is 1. The molecule has 148 valence electrons. The minimum absolute atomic E-state index is 0.0293. The fourth-order valence-electron chi connectivity index (χ4n) is 3.40. The maximum absolute atomic E-state index is 11.3. The Morgan fingerprint density at radius 2 is 1.90 bits per heavy atom. The summed E-state index contributed by atoms with van der Waals surface area (Å²) in [5.74, 6) is 2.70. The number of benzene rings is 2. The average molecular weight is 449 g/mol. The van der Waals surface area contributed by atoms with Gasteiger partial charge in [-0.3, -0.25) is 0 Å². The van der Waals surface area contributed by atoms with Crippen molar-refractivity contribution < 1.29 is 9.53 Å². The van der Waals surface area contributed by atoms with E-state index in [9.17, 15) is 4.79 Å². The Morgan fingerprint density at radius 1 is 1.17 bits per heavy atom. The molecule has 1 aliphatic rings. The molecular weight excluding hydrogens is 423 g/mol. The van der Waals surface area contributed by atoms with Gasteiger partial charge in [-0.2, -0.15) is 0 Å². The number of esters is 1. The van der Waals surface area contributed by atoms with Crippen LogP contribution in [0.15, 0.2) is 60.2 Å². The molecule has 0 heterocycles. The normalized spacial score (nSPS) is 14.9. The summed E-state index contributed by atoms with van der Waals surface area (Å²) in [5.41, 5.74) is 7.40. The quantitative estimate of drug-likeness (QED) is 0.298. The molecule has 0 atom stereocenters. The van der Waals surface area contributed by atoms with Crippen molar-refractivity contribution in [3.05, 3.63) is 82.4 Å². The molecule has 2 aromatic carbocycles. The van der Waals surface area contributed by atoms with Gasteiger partial charge in [0.1, 0.15) is 0 Å². The molecule has 2 nitrogen and oxygen atoms in total. The molecule has 3 heteroatoms. The molecule has 29 heavy (non-hydrogen) atoms. The number of hydrogen-bond acceptors (Lipinski definition) is 2. The van der Waals surface area contributed by atoms with Crippen molar-refractivity contribution in [1.82, 2.24) is 0 Å². The summed E-state index contributed by atoms with van der Waals surface area (Å²) in [4.78, 5) is 14.5. The average Bonchev–Trinajstić information content (AvgIpc) is 2.69. The van der Waals surface area contributed by atoms with Crippen molar-refractivity contribution in [2.45, 2.75) is 39.5 Å². The van der Waals surface area contributed by atoms with E-state index in [-0.39, 0.29) is 26.3 Å². The van der Waals surface area contributed by atoms with Crippen molar-refractivity contribution in [2.75, 3.05) is 7.11 Å². The second-order valence-electron chi connectivity index (χ2n) is 7.96. The minimum atomic E-state index is -0.366. The molecule has 0 fully saturated rings. The molecule has 0 N–H and O–H groups in total. The third-order valence-electron chi connectivity index (χ3n) is 5.14. The van der Waals surface area contributed by atoms with Crippen LogP contribution in [-0.2, 0) is 14.9 Å². The van der Waals surface area contributed by atoms with Gasteiger partial charge in [0.25, 0.3) is 0 Å². The molecule has 0 saturated heterocycles. The second kappa shape index (κ2) is 8.87. The van der Waals surface area contributed by atoms with Crippen LogP contribution in [0.25, 0.3) is 5.57 Å². The molecule has 3 rings (SSSR count). The van der Waals surface area contributed by atoms with E-state index in [1.54, 1.807) is 0 Å². The van der Waals surface area contributed by atoms with Crippen molar-refractivity contribution in [3.63, 3.8) is 0 Å². The Hall–Kier alpha value is -2.53. The van der Waals surface area contributed by atoms with E-state index in [1.165, 1.54) is 45.5 Å². The van der Waals surface area contributed by atoms with Crippen molar-refractivity contribution >= 4 is 31.0 Å². The number of methoxy groups -OCH3 is 1. The van der Waals surface area contributed by atoms with Gasteiger partial charge in [0.05, 0.1) is 0 Å². The van der Waals surface area contributed by atoms with E-state index in [2.05, 4.69) is 84.8 Å². The van der Waals surface area contributed by atoms with Crippen LogP contribution in [-0.4, -0.2) is 28.0 Å². The van der Waals surface area contributed by atoms with Crippen LogP contribution in [0.3, 0.4) is 0 Å². The number of hydrogen-bond donors (Lipinski definition) is 0. The predicted octanol–water partition coefficient (Wildman–Crippen LogP) is 4.52. The van der Waals surface area contributed by atoms with Gasteiger partial charge in [0.15, 0.2) is 0 Å². The molecule has 1 aliphatic carbocycles. The van der Waals surface area contributed by atoms with Crippen LogP contribution >= 0.6 is 0 Å². The Bertz CT molecular complexity index is 1040. The van der Waals surface area contributed by atoms with Gasteiger partial charge in [-0.25, -0.2) is 0 Å². The summed E-state index contributed by atoms with van der Waals surface area (Å²) in [6.07, 6.45) is 4.82. The summed E-state index contributed by atoms with van der Waals surface area (Å²) in [5, 5.41) is 0. The first kappa shape index (κ1) is 21.2. The van der Waals surface area contributed by atoms with Gasteiger partial charge < -0.3 is 0 Å². The number of aryl methyl sites for hydroxylation is 1. The van der Waals surface area contributed by atoms with Gasteiger partial charge >= 0.3 is 180 Å². The molecule has 0 bridgehead atoms. The van der Waals surface area contributed by atoms with E-state index in [0.29, 0.717) is 0 Å². The topological polar surface area (TPSA) is 26.3 Å². The first-order valence-corrected chi connectivity index (χ1v) is 11.4. The molecule has 0 aliphatic heterocycles. The first-order chi connectivity index (χ1) is 13.8. The summed E-state index contributed by atoms with van der Waals surface area (Å²) < 4.78 is 5.90. The van der Waals surface area contributed by atoms with Gasteiger partial charge in [-0.1, -0.05) is 0 Å². The fraction of sp³-hybridized carbons (Fsp3) is 0.269. The molecule has 2 aromatic rings. The number of fused-ring (bicyclic) bond motifs is 1. The summed E-state index contributed by atoms with van der Waals surface area (Å²) in [6.45, 7) is 8.56.